The van der Waals surface area contributed by atoms with Crippen LogP contribution in [0.4, 0.5) is 0 Å². The van der Waals surface area contributed by atoms with Crippen LogP contribution in [0.3, 0.4) is 0 Å². The highest BCUT2D eigenvalue weighted by Crippen LogP contribution is 2.15. The summed E-state index contributed by atoms with van der Waals surface area (Å²) in [4.78, 5) is 21.7. The maximum Gasteiger partial charge on any atom is 0.327 e. The van der Waals surface area contributed by atoms with Crippen molar-refractivity contribution in [2.45, 2.75) is 38.5 Å². The lowest BCUT2D eigenvalue weighted by molar-refractivity contribution is -0.140. The quantitative estimate of drug-likeness (QED) is 0.498. The largest absolute Gasteiger partial charge is 0.480 e. The number of thioether (sulfide) groups is 1. The lowest BCUT2D eigenvalue weighted by Crippen LogP contribution is -2.41. The van der Waals surface area contributed by atoms with Crippen molar-refractivity contribution in [3.05, 3.63) is 0 Å². The maximum absolute atomic E-state index is 10.9. The molecule has 1 amide bonds. The van der Waals surface area contributed by atoms with Crippen LogP contribution in [0, 0.1) is 0 Å². The fourth-order valence-electron chi connectivity index (χ4n) is 1.32. The van der Waals surface area contributed by atoms with Crippen LogP contribution in [0.5, 0.6) is 0 Å². The van der Waals surface area contributed by atoms with Crippen molar-refractivity contribution in [1.82, 2.24) is 5.32 Å². The Hall–Kier alpha value is -0.533. The summed E-state index contributed by atoms with van der Waals surface area (Å²) in [5.41, 5.74) is 0. The summed E-state index contributed by atoms with van der Waals surface area (Å²) < 4.78 is 5.43. The van der Waals surface area contributed by atoms with Crippen LogP contribution < -0.4 is 5.32 Å². The van der Waals surface area contributed by atoms with E-state index in [4.69, 9.17) is 9.53 Å². The number of amides is 1. The van der Waals surface area contributed by atoms with Gasteiger partial charge in [-0.2, -0.15) is 11.8 Å². The summed E-state index contributed by atoms with van der Waals surface area (Å²) in [6, 6.07) is 0.272. The van der Waals surface area contributed by atoms with Gasteiger partial charge in [-0.15, -0.1) is 0 Å². The van der Waals surface area contributed by atoms with E-state index in [2.05, 4.69) is 18.4 Å². The van der Waals surface area contributed by atoms with E-state index >= 15 is 0 Å². The van der Waals surface area contributed by atoms with Crippen LogP contribution >= 0.6 is 11.8 Å². The second kappa shape index (κ2) is 8.55. The highest BCUT2D eigenvalue weighted by molar-refractivity contribution is 7.99. The van der Waals surface area contributed by atoms with E-state index in [0.717, 1.165) is 18.2 Å². The molecule has 0 aliphatic carbocycles. The van der Waals surface area contributed by atoms with Crippen molar-refractivity contribution in [3.8, 4) is 0 Å². The predicted octanol–water partition coefficient (Wildman–Crippen LogP) is 1.55. The third-order valence-corrected chi connectivity index (χ3v) is 6.39. The number of aliphatic carboxylic acids is 1. The lowest BCUT2D eigenvalue weighted by Gasteiger charge is -2.19. The van der Waals surface area contributed by atoms with E-state index < -0.39 is 20.3 Å². The molecule has 18 heavy (non-hydrogen) atoms. The Morgan fingerprint density at radius 3 is 2.50 bits per heavy atom. The minimum absolute atomic E-state index is 0.309. The van der Waals surface area contributed by atoms with Crippen molar-refractivity contribution in [1.29, 1.82) is 0 Å². The normalized spacial score (nSPS) is 13.1. The molecule has 0 saturated heterocycles. The Bertz CT molecular complexity index is 286. The number of carboxylic acids is 1. The molecule has 7 heteroatoms. The van der Waals surface area contributed by atoms with Gasteiger partial charge in [-0.25, -0.2) is 4.79 Å². The van der Waals surface area contributed by atoms with E-state index in [1.54, 1.807) is 18.9 Å². The highest BCUT2D eigenvalue weighted by Gasteiger charge is 2.20. The monoisotopic (exact) mass is 293 g/mol. The molecule has 0 rings (SSSR count). The van der Waals surface area contributed by atoms with Crippen LogP contribution in [0.25, 0.3) is 0 Å². The molecule has 0 radical (unpaired) electrons. The molecule has 0 aliphatic rings. The van der Waals surface area contributed by atoms with E-state index in [1.807, 2.05) is 0 Å². The first-order chi connectivity index (χ1) is 8.28. The molecule has 0 fully saturated rings. The molecule has 0 aromatic carbocycles. The summed E-state index contributed by atoms with van der Waals surface area (Å²) in [6.07, 6.45) is 1.02. The molecule has 0 saturated carbocycles. The first-order valence-electron chi connectivity index (χ1n) is 5.91. The number of rotatable bonds is 9. The smallest absolute Gasteiger partial charge is 0.327 e. The number of hydrogen-bond donors (Lipinski definition) is 2. The molecular formula is C11H23NO4SSi. The van der Waals surface area contributed by atoms with Crippen molar-refractivity contribution in [2.75, 3.05) is 18.6 Å². The molecule has 0 aliphatic heterocycles. The molecule has 0 heterocycles. The van der Waals surface area contributed by atoms with Crippen LogP contribution in [0.2, 0.25) is 19.1 Å². The summed E-state index contributed by atoms with van der Waals surface area (Å²) in [6.45, 7) is 5.65. The van der Waals surface area contributed by atoms with E-state index in [-0.39, 0.29) is 5.91 Å². The molecule has 0 aromatic rings. The fourth-order valence-corrected chi connectivity index (χ4v) is 3.79. The standard InChI is InChI=1S/C11H23NO4SSi/c1-9(13)12-10(11(14)15)8-17-6-5-7-18(3,4)16-2/h10H,5-8H2,1-4H3,(H,12,13)(H,14,15). The average molecular weight is 293 g/mol. The third kappa shape index (κ3) is 8.54. The Morgan fingerprint density at radius 1 is 1.44 bits per heavy atom. The van der Waals surface area contributed by atoms with Crippen molar-refractivity contribution < 1.29 is 19.1 Å². The molecule has 2 N–H and O–H groups in total. The first-order valence-corrected chi connectivity index (χ1v) is 10.2. The molecule has 0 spiro atoms. The number of carbonyl (C=O) groups excluding carboxylic acids is 1. The van der Waals surface area contributed by atoms with Gasteiger partial charge in [0.1, 0.15) is 6.04 Å². The zero-order valence-corrected chi connectivity index (χ0v) is 13.3. The summed E-state index contributed by atoms with van der Waals surface area (Å²) in [5.74, 6) is 0.00718. The summed E-state index contributed by atoms with van der Waals surface area (Å²) in [5, 5.41) is 11.3. The highest BCUT2D eigenvalue weighted by atomic mass is 32.2. The van der Waals surface area contributed by atoms with Crippen LogP contribution in [-0.4, -0.2) is 50.0 Å². The predicted molar refractivity (Wildman–Crippen MR) is 76.5 cm³/mol. The van der Waals surface area contributed by atoms with Gasteiger partial charge in [-0.05, 0) is 31.3 Å². The van der Waals surface area contributed by atoms with Gasteiger partial charge in [0.05, 0.1) is 0 Å². The minimum atomic E-state index is -1.50. The Kier molecular flexibility index (Phi) is 8.30. The Labute approximate surface area is 114 Å². The number of nitrogens with one attached hydrogen (secondary N) is 1. The first kappa shape index (κ1) is 17.5. The fraction of sp³-hybridized carbons (Fsp3) is 0.818. The van der Waals surface area contributed by atoms with E-state index in [0.29, 0.717) is 5.75 Å². The number of hydrogen-bond acceptors (Lipinski definition) is 4. The molecule has 0 bridgehead atoms. The van der Waals surface area contributed by atoms with Gasteiger partial charge in [0.25, 0.3) is 0 Å². The minimum Gasteiger partial charge on any atom is -0.480 e. The van der Waals surface area contributed by atoms with Gasteiger partial charge in [0.2, 0.25) is 5.91 Å². The SMILES string of the molecule is CO[Si](C)(C)CCCSCC(NC(C)=O)C(=O)O. The third-order valence-electron chi connectivity index (χ3n) is 2.58. The van der Waals surface area contributed by atoms with Crippen LogP contribution in [0.15, 0.2) is 0 Å². The van der Waals surface area contributed by atoms with Gasteiger partial charge < -0.3 is 14.8 Å². The molecule has 1 unspecified atom stereocenters. The van der Waals surface area contributed by atoms with Gasteiger partial charge in [-0.3, -0.25) is 4.79 Å². The van der Waals surface area contributed by atoms with Gasteiger partial charge >= 0.3 is 5.97 Å². The maximum atomic E-state index is 10.9. The second-order valence-electron chi connectivity index (χ2n) is 4.73. The lowest BCUT2D eigenvalue weighted by atomic mass is 10.3. The topological polar surface area (TPSA) is 75.6 Å². The number of carbonyl (C=O) groups is 2. The van der Waals surface area contributed by atoms with Gasteiger partial charge in [-0.1, -0.05) is 0 Å². The van der Waals surface area contributed by atoms with Gasteiger partial charge in [0.15, 0.2) is 8.32 Å². The zero-order valence-electron chi connectivity index (χ0n) is 11.5. The Balaban J connectivity index is 3.81. The molecule has 1 atom stereocenters. The van der Waals surface area contributed by atoms with E-state index in [9.17, 15) is 9.59 Å². The second-order valence-corrected chi connectivity index (χ2v) is 10.3. The average Bonchev–Trinajstić information content (AvgIpc) is 2.26. The summed E-state index contributed by atoms with van der Waals surface area (Å²) in [7, 11) is 0.245. The van der Waals surface area contributed by atoms with Crippen LogP contribution in [0.1, 0.15) is 13.3 Å². The van der Waals surface area contributed by atoms with Gasteiger partial charge in [0, 0.05) is 19.8 Å². The molecule has 0 aromatic heterocycles. The molecule has 106 valence electrons. The van der Waals surface area contributed by atoms with Crippen molar-refractivity contribution in [2.24, 2.45) is 0 Å². The number of carboxylic acid groups (broad SMARTS) is 1. The molecular weight excluding hydrogens is 270 g/mol. The van der Waals surface area contributed by atoms with Crippen molar-refractivity contribution >= 4 is 32.0 Å². The zero-order chi connectivity index (χ0) is 14.2. The van der Waals surface area contributed by atoms with Crippen LogP contribution in [-0.2, 0) is 14.0 Å². The van der Waals surface area contributed by atoms with E-state index in [1.165, 1.54) is 6.92 Å². The summed E-state index contributed by atoms with van der Waals surface area (Å²) >= 11 is 1.55. The van der Waals surface area contributed by atoms with Crippen molar-refractivity contribution in [3.63, 3.8) is 0 Å². The Morgan fingerprint density at radius 2 is 2.06 bits per heavy atom. The molecule has 5 nitrogen and oxygen atoms in total.